The number of anilines is 1. The Labute approximate surface area is 64.7 Å². The molecule has 0 amide bonds. The molecule has 0 bridgehead atoms. The van der Waals surface area contributed by atoms with Crippen molar-refractivity contribution in [1.82, 2.24) is 4.57 Å². The van der Waals surface area contributed by atoms with E-state index in [1.165, 1.54) is 0 Å². The molecule has 3 heteroatoms. The number of pyridine rings is 1. The lowest BCUT2D eigenvalue weighted by Gasteiger charge is -2.05. The molecule has 0 aromatic carbocycles. The monoisotopic (exact) mass is 150 g/mol. The van der Waals surface area contributed by atoms with E-state index in [-0.39, 0.29) is 5.43 Å². The maximum Gasteiger partial charge on any atom is 0.183 e. The van der Waals surface area contributed by atoms with Crippen molar-refractivity contribution in [1.29, 1.82) is 0 Å². The Morgan fingerprint density at radius 1 is 1.73 bits per heavy atom. The van der Waals surface area contributed by atoms with Gasteiger partial charge in [0.25, 0.3) is 0 Å². The van der Waals surface area contributed by atoms with E-state index in [1.54, 1.807) is 12.1 Å². The van der Waals surface area contributed by atoms with Crippen LogP contribution < -0.4 is 10.7 Å². The van der Waals surface area contributed by atoms with Crippen molar-refractivity contribution in [3.63, 3.8) is 0 Å². The first kappa shape index (κ1) is 6.46. The van der Waals surface area contributed by atoms with Crippen LogP contribution in [0.1, 0.15) is 13.0 Å². The average Bonchev–Trinajstić information content (AvgIpc) is 2.32. The van der Waals surface area contributed by atoms with Gasteiger partial charge in [0.2, 0.25) is 0 Å². The molecule has 1 atom stereocenters. The van der Waals surface area contributed by atoms with Crippen molar-refractivity contribution in [2.24, 2.45) is 0 Å². The highest BCUT2D eigenvalue weighted by Gasteiger charge is 2.14. The standard InChI is InChI=1S/C8H10N2O/c1-6-5-9-8-4-7(11)2-3-10(6)8/h2-4,6,9H,5H2,1H3. The van der Waals surface area contributed by atoms with E-state index in [2.05, 4.69) is 16.8 Å². The van der Waals surface area contributed by atoms with Crippen molar-refractivity contribution in [3.8, 4) is 0 Å². The van der Waals surface area contributed by atoms with Gasteiger partial charge in [-0.1, -0.05) is 0 Å². The number of aromatic nitrogens is 1. The van der Waals surface area contributed by atoms with Crippen molar-refractivity contribution in [2.45, 2.75) is 13.0 Å². The summed E-state index contributed by atoms with van der Waals surface area (Å²) in [6.45, 7) is 3.04. The molecule has 2 heterocycles. The van der Waals surface area contributed by atoms with Gasteiger partial charge in [-0.05, 0) is 6.92 Å². The van der Waals surface area contributed by atoms with E-state index in [0.29, 0.717) is 6.04 Å². The van der Waals surface area contributed by atoms with Crippen LogP contribution in [-0.2, 0) is 0 Å². The third-order valence-corrected chi connectivity index (χ3v) is 2.01. The maximum absolute atomic E-state index is 10.9. The Bertz CT molecular complexity index is 329. The van der Waals surface area contributed by atoms with Crippen LogP contribution in [0.15, 0.2) is 23.1 Å². The summed E-state index contributed by atoms with van der Waals surface area (Å²) in [5, 5.41) is 3.15. The first-order valence-corrected chi connectivity index (χ1v) is 3.73. The molecule has 1 unspecified atom stereocenters. The Morgan fingerprint density at radius 2 is 2.55 bits per heavy atom. The third kappa shape index (κ3) is 0.926. The largest absolute Gasteiger partial charge is 0.369 e. The molecule has 1 aliphatic rings. The van der Waals surface area contributed by atoms with Gasteiger partial charge in [-0.2, -0.15) is 0 Å². The molecule has 0 saturated heterocycles. The fourth-order valence-corrected chi connectivity index (χ4v) is 1.37. The fraction of sp³-hybridized carbons (Fsp3) is 0.375. The van der Waals surface area contributed by atoms with Gasteiger partial charge in [-0.15, -0.1) is 0 Å². The highest BCUT2D eigenvalue weighted by molar-refractivity contribution is 5.39. The third-order valence-electron chi connectivity index (χ3n) is 2.01. The first-order valence-electron chi connectivity index (χ1n) is 3.73. The number of nitrogens with one attached hydrogen (secondary N) is 1. The SMILES string of the molecule is CC1CNc2cc(=O)ccn21. The van der Waals surface area contributed by atoms with Crippen LogP contribution in [-0.4, -0.2) is 11.1 Å². The zero-order valence-electron chi connectivity index (χ0n) is 6.37. The van der Waals surface area contributed by atoms with Crippen LogP contribution in [0.4, 0.5) is 5.82 Å². The number of hydrogen-bond acceptors (Lipinski definition) is 2. The van der Waals surface area contributed by atoms with Crippen LogP contribution in [0, 0.1) is 0 Å². The Balaban J connectivity index is 2.59. The van der Waals surface area contributed by atoms with Crippen LogP contribution in [0.3, 0.4) is 0 Å². The predicted octanol–water partition coefficient (Wildman–Crippen LogP) is 0.835. The predicted molar refractivity (Wildman–Crippen MR) is 43.9 cm³/mol. The average molecular weight is 150 g/mol. The second-order valence-corrected chi connectivity index (χ2v) is 2.88. The van der Waals surface area contributed by atoms with Gasteiger partial charge >= 0.3 is 0 Å². The molecule has 0 fully saturated rings. The molecule has 58 valence electrons. The summed E-state index contributed by atoms with van der Waals surface area (Å²) in [7, 11) is 0. The molecule has 1 N–H and O–H groups in total. The van der Waals surface area contributed by atoms with Crippen LogP contribution in [0.2, 0.25) is 0 Å². The minimum absolute atomic E-state index is 0.0675. The van der Waals surface area contributed by atoms with Crippen molar-refractivity contribution < 1.29 is 0 Å². The molecule has 0 aliphatic carbocycles. The highest BCUT2D eigenvalue weighted by Crippen LogP contribution is 2.19. The highest BCUT2D eigenvalue weighted by atomic mass is 16.1. The Morgan fingerprint density at radius 3 is 3.36 bits per heavy atom. The molecule has 1 aromatic heterocycles. The van der Waals surface area contributed by atoms with Gasteiger partial charge in [-0.25, -0.2) is 0 Å². The summed E-state index contributed by atoms with van der Waals surface area (Å²) >= 11 is 0. The molecular weight excluding hydrogens is 140 g/mol. The van der Waals surface area contributed by atoms with Crippen LogP contribution >= 0.6 is 0 Å². The van der Waals surface area contributed by atoms with Gasteiger partial charge in [0, 0.05) is 30.9 Å². The Hall–Kier alpha value is -1.25. The number of nitrogens with zero attached hydrogens (tertiary/aromatic N) is 1. The zero-order chi connectivity index (χ0) is 7.84. The molecule has 0 radical (unpaired) electrons. The van der Waals surface area contributed by atoms with Crippen LogP contribution in [0.5, 0.6) is 0 Å². The summed E-state index contributed by atoms with van der Waals surface area (Å²) in [5.41, 5.74) is 0.0675. The normalized spacial score (nSPS) is 21.0. The molecular formula is C8H10N2O. The van der Waals surface area contributed by atoms with Gasteiger partial charge in [0.1, 0.15) is 5.82 Å². The smallest absolute Gasteiger partial charge is 0.183 e. The number of fused-ring (bicyclic) bond motifs is 1. The zero-order valence-corrected chi connectivity index (χ0v) is 6.37. The summed E-state index contributed by atoms with van der Waals surface area (Å²) in [5.74, 6) is 0.935. The summed E-state index contributed by atoms with van der Waals surface area (Å²) in [4.78, 5) is 10.9. The molecule has 1 aliphatic heterocycles. The molecule has 11 heavy (non-hydrogen) atoms. The molecule has 3 nitrogen and oxygen atoms in total. The van der Waals surface area contributed by atoms with E-state index < -0.39 is 0 Å². The minimum Gasteiger partial charge on any atom is -0.369 e. The number of hydrogen-bond donors (Lipinski definition) is 1. The fourth-order valence-electron chi connectivity index (χ4n) is 1.37. The summed E-state index contributed by atoms with van der Waals surface area (Å²) < 4.78 is 2.07. The second kappa shape index (κ2) is 2.12. The quantitative estimate of drug-likeness (QED) is 0.594. The van der Waals surface area contributed by atoms with Gasteiger partial charge in [0.05, 0.1) is 0 Å². The van der Waals surface area contributed by atoms with E-state index >= 15 is 0 Å². The number of rotatable bonds is 0. The molecule has 0 saturated carbocycles. The molecule has 1 aromatic rings. The maximum atomic E-state index is 10.9. The first-order chi connectivity index (χ1) is 5.27. The second-order valence-electron chi connectivity index (χ2n) is 2.88. The minimum atomic E-state index is 0.0675. The van der Waals surface area contributed by atoms with E-state index in [9.17, 15) is 4.79 Å². The van der Waals surface area contributed by atoms with Gasteiger partial charge < -0.3 is 9.88 Å². The Kier molecular flexibility index (Phi) is 1.24. The molecule has 0 spiro atoms. The van der Waals surface area contributed by atoms with Gasteiger partial charge in [-0.3, -0.25) is 4.79 Å². The van der Waals surface area contributed by atoms with E-state index in [4.69, 9.17) is 0 Å². The lowest BCUT2D eigenvalue weighted by molar-refractivity contribution is 0.627. The topological polar surface area (TPSA) is 34.0 Å². The van der Waals surface area contributed by atoms with Crippen molar-refractivity contribution in [2.75, 3.05) is 11.9 Å². The van der Waals surface area contributed by atoms with Crippen molar-refractivity contribution in [3.05, 3.63) is 28.6 Å². The summed E-state index contributed by atoms with van der Waals surface area (Å²) in [6.07, 6.45) is 1.84. The van der Waals surface area contributed by atoms with E-state index in [1.807, 2.05) is 6.20 Å². The lowest BCUT2D eigenvalue weighted by Crippen LogP contribution is -2.04. The van der Waals surface area contributed by atoms with Crippen molar-refractivity contribution >= 4 is 5.82 Å². The van der Waals surface area contributed by atoms with Gasteiger partial charge in [0.15, 0.2) is 5.43 Å². The lowest BCUT2D eigenvalue weighted by atomic mass is 10.3. The summed E-state index contributed by atoms with van der Waals surface area (Å²) in [6, 6.07) is 3.68. The van der Waals surface area contributed by atoms with Crippen LogP contribution in [0.25, 0.3) is 0 Å². The van der Waals surface area contributed by atoms with E-state index in [0.717, 1.165) is 12.4 Å². The molecule has 2 rings (SSSR count).